The number of ether oxygens (including phenoxy) is 2. The zero-order valence-electron chi connectivity index (χ0n) is 18.8. The van der Waals surface area contributed by atoms with E-state index in [4.69, 9.17) is 9.47 Å². The van der Waals surface area contributed by atoms with Crippen LogP contribution in [0.3, 0.4) is 0 Å². The number of carbonyl (C=O) groups is 1. The van der Waals surface area contributed by atoms with Crippen LogP contribution in [0.25, 0.3) is 0 Å². The second-order valence-corrected chi connectivity index (χ2v) is 8.76. The SMILES string of the molecule is CCN(C(=O)CN1CCC2(CCCO2)C(OCc2ccccc2)C1)c1cccc(C)c1. The first-order valence-electron chi connectivity index (χ1n) is 11.5. The summed E-state index contributed by atoms with van der Waals surface area (Å²) in [6.45, 7) is 8.13. The van der Waals surface area contributed by atoms with Crippen molar-refractivity contribution in [1.29, 1.82) is 0 Å². The Bertz CT molecular complexity index is 864. The number of carbonyl (C=O) groups excluding carboxylic acids is 1. The van der Waals surface area contributed by atoms with Gasteiger partial charge in [0.1, 0.15) is 0 Å². The number of benzene rings is 2. The number of likely N-dealkylation sites (N-methyl/N-ethyl adjacent to an activating group) is 1. The van der Waals surface area contributed by atoms with Gasteiger partial charge in [0, 0.05) is 31.9 Å². The molecule has 2 atom stereocenters. The fourth-order valence-electron chi connectivity index (χ4n) is 4.87. The number of hydrogen-bond donors (Lipinski definition) is 0. The van der Waals surface area contributed by atoms with Crippen LogP contribution in [0.4, 0.5) is 5.69 Å². The quantitative estimate of drug-likeness (QED) is 0.671. The molecule has 1 amide bonds. The van der Waals surface area contributed by atoms with E-state index in [1.807, 2.05) is 42.2 Å². The molecule has 4 rings (SSSR count). The van der Waals surface area contributed by atoms with Crippen LogP contribution in [0.15, 0.2) is 54.6 Å². The fraction of sp³-hybridized carbons (Fsp3) is 0.500. The van der Waals surface area contributed by atoms with Crippen LogP contribution in [-0.4, -0.2) is 55.3 Å². The van der Waals surface area contributed by atoms with Crippen molar-refractivity contribution in [2.75, 3.05) is 37.7 Å². The van der Waals surface area contributed by atoms with Crippen molar-refractivity contribution >= 4 is 11.6 Å². The van der Waals surface area contributed by atoms with Gasteiger partial charge in [0.25, 0.3) is 0 Å². The molecule has 5 nitrogen and oxygen atoms in total. The normalized spacial score (nSPS) is 23.9. The summed E-state index contributed by atoms with van der Waals surface area (Å²) in [6.07, 6.45) is 3.02. The van der Waals surface area contributed by atoms with Gasteiger partial charge in [-0.25, -0.2) is 0 Å². The van der Waals surface area contributed by atoms with Gasteiger partial charge < -0.3 is 14.4 Å². The molecule has 2 aliphatic heterocycles. The molecule has 5 heteroatoms. The van der Waals surface area contributed by atoms with Crippen LogP contribution in [0.5, 0.6) is 0 Å². The standard InChI is InChI=1S/C26H34N2O3/c1-3-28(23-12-7-9-21(2)17-23)25(29)19-27-15-14-26(13-8-16-31-26)24(18-27)30-20-22-10-5-4-6-11-22/h4-7,9-12,17,24H,3,8,13-16,18-20H2,1-2H3. The van der Waals surface area contributed by atoms with E-state index in [1.165, 1.54) is 5.56 Å². The second-order valence-electron chi connectivity index (χ2n) is 8.76. The Balaban J connectivity index is 1.42. The van der Waals surface area contributed by atoms with Crippen molar-refractivity contribution in [2.45, 2.75) is 51.4 Å². The molecular weight excluding hydrogens is 388 g/mol. The summed E-state index contributed by atoms with van der Waals surface area (Å²) in [6, 6.07) is 18.4. The van der Waals surface area contributed by atoms with Crippen LogP contribution in [-0.2, 0) is 20.9 Å². The van der Waals surface area contributed by atoms with E-state index in [1.54, 1.807) is 0 Å². The minimum absolute atomic E-state index is 0.0224. The Morgan fingerprint density at radius 2 is 2.03 bits per heavy atom. The zero-order chi connectivity index (χ0) is 21.7. The third-order valence-electron chi connectivity index (χ3n) is 6.58. The van der Waals surface area contributed by atoms with Crippen LogP contribution >= 0.6 is 0 Å². The van der Waals surface area contributed by atoms with E-state index in [2.05, 4.69) is 36.1 Å². The highest BCUT2D eigenvalue weighted by Crippen LogP contribution is 2.38. The fourth-order valence-corrected chi connectivity index (χ4v) is 4.87. The minimum atomic E-state index is -0.199. The number of likely N-dealkylation sites (tertiary alicyclic amines) is 1. The van der Waals surface area contributed by atoms with Crippen molar-refractivity contribution in [2.24, 2.45) is 0 Å². The molecule has 2 aromatic rings. The first-order chi connectivity index (χ1) is 15.1. The Hall–Kier alpha value is -2.21. The third-order valence-corrected chi connectivity index (χ3v) is 6.58. The monoisotopic (exact) mass is 422 g/mol. The Morgan fingerprint density at radius 3 is 2.74 bits per heavy atom. The Morgan fingerprint density at radius 1 is 1.19 bits per heavy atom. The van der Waals surface area contributed by atoms with Gasteiger partial charge in [-0.15, -0.1) is 0 Å². The number of nitrogens with zero attached hydrogens (tertiary/aromatic N) is 2. The zero-order valence-corrected chi connectivity index (χ0v) is 18.8. The number of rotatable bonds is 7. The molecule has 0 N–H and O–H groups in total. The molecule has 2 unspecified atom stereocenters. The smallest absolute Gasteiger partial charge is 0.241 e. The van der Waals surface area contributed by atoms with Gasteiger partial charge in [0.05, 0.1) is 24.9 Å². The molecule has 0 aliphatic carbocycles. The Kier molecular flexibility index (Phi) is 7.06. The van der Waals surface area contributed by atoms with E-state index < -0.39 is 0 Å². The minimum Gasteiger partial charge on any atom is -0.372 e. The lowest BCUT2D eigenvalue weighted by Crippen LogP contribution is -2.57. The van der Waals surface area contributed by atoms with Crippen molar-refractivity contribution in [1.82, 2.24) is 4.90 Å². The summed E-state index contributed by atoms with van der Waals surface area (Å²) >= 11 is 0. The third kappa shape index (κ3) is 5.17. The molecule has 0 saturated carbocycles. The van der Waals surface area contributed by atoms with Gasteiger partial charge in [0.15, 0.2) is 0 Å². The van der Waals surface area contributed by atoms with E-state index in [0.29, 0.717) is 19.7 Å². The van der Waals surface area contributed by atoms with Crippen molar-refractivity contribution < 1.29 is 14.3 Å². The molecule has 2 aliphatic rings. The molecule has 1 spiro atoms. The lowest BCUT2D eigenvalue weighted by molar-refractivity contribution is -0.160. The number of hydrogen-bond acceptors (Lipinski definition) is 4. The number of anilines is 1. The summed E-state index contributed by atoms with van der Waals surface area (Å²) in [5.74, 6) is 0.137. The molecule has 0 radical (unpaired) electrons. The van der Waals surface area contributed by atoms with Crippen molar-refractivity contribution in [3.8, 4) is 0 Å². The molecular formula is C26H34N2O3. The van der Waals surface area contributed by atoms with E-state index >= 15 is 0 Å². The van der Waals surface area contributed by atoms with Crippen LogP contribution in [0.1, 0.15) is 37.3 Å². The lowest BCUT2D eigenvalue weighted by Gasteiger charge is -2.45. The van der Waals surface area contributed by atoms with Crippen molar-refractivity contribution in [3.05, 3.63) is 65.7 Å². The molecule has 31 heavy (non-hydrogen) atoms. The molecule has 0 aromatic heterocycles. The lowest BCUT2D eigenvalue weighted by atomic mass is 9.85. The topological polar surface area (TPSA) is 42.0 Å². The summed E-state index contributed by atoms with van der Waals surface area (Å²) < 4.78 is 12.7. The maximum Gasteiger partial charge on any atom is 0.241 e. The first-order valence-corrected chi connectivity index (χ1v) is 11.5. The molecule has 166 valence electrons. The highest BCUT2D eigenvalue weighted by atomic mass is 16.6. The number of amides is 1. The highest BCUT2D eigenvalue weighted by molar-refractivity contribution is 5.94. The average Bonchev–Trinajstić information content (AvgIpc) is 3.25. The maximum atomic E-state index is 13.2. The van der Waals surface area contributed by atoms with Crippen LogP contribution in [0.2, 0.25) is 0 Å². The summed E-state index contributed by atoms with van der Waals surface area (Å²) in [7, 11) is 0. The first kappa shape index (κ1) is 22.0. The van der Waals surface area contributed by atoms with E-state index in [-0.39, 0.29) is 17.6 Å². The molecule has 2 heterocycles. The van der Waals surface area contributed by atoms with E-state index in [0.717, 1.165) is 50.2 Å². The second kappa shape index (κ2) is 9.94. The number of aryl methyl sites for hydroxylation is 1. The average molecular weight is 423 g/mol. The van der Waals surface area contributed by atoms with Gasteiger partial charge in [-0.1, -0.05) is 42.5 Å². The molecule has 2 aromatic carbocycles. The summed E-state index contributed by atoms with van der Waals surface area (Å²) in [5, 5.41) is 0. The predicted molar refractivity (Wildman–Crippen MR) is 123 cm³/mol. The maximum absolute atomic E-state index is 13.2. The van der Waals surface area contributed by atoms with Gasteiger partial charge in [0.2, 0.25) is 5.91 Å². The van der Waals surface area contributed by atoms with Gasteiger partial charge >= 0.3 is 0 Å². The highest BCUT2D eigenvalue weighted by Gasteiger charge is 2.47. The van der Waals surface area contributed by atoms with Crippen LogP contribution in [0, 0.1) is 6.92 Å². The van der Waals surface area contributed by atoms with Crippen LogP contribution < -0.4 is 4.90 Å². The molecule has 2 saturated heterocycles. The van der Waals surface area contributed by atoms with Gasteiger partial charge in [-0.05, 0) is 56.4 Å². The van der Waals surface area contributed by atoms with E-state index in [9.17, 15) is 4.79 Å². The van der Waals surface area contributed by atoms with Crippen molar-refractivity contribution in [3.63, 3.8) is 0 Å². The van der Waals surface area contributed by atoms with Gasteiger partial charge in [-0.2, -0.15) is 0 Å². The largest absolute Gasteiger partial charge is 0.372 e. The van der Waals surface area contributed by atoms with Gasteiger partial charge in [-0.3, -0.25) is 9.69 Å². The molecule has 2 fully saturated rings. The summed E-state index contributed by atoms with van der Waals surface area (Å²) in [5.41, 5.74) is 3.10. The molecule has 0 bridgehead atoms. The summed E-state index contributed by atoms with van der Waals surface area (Å²) in [4.78, 5) is 17.3. The Labute approximate surface area is 185 Å². The predicted octanol–water partition coefficient (Wildman–Crippen LogP) is 4.19. The number of piperidine rings is 1.